The van der Waals surface area contributed by atoms with E-state index in [1.807, 2.05) is 7.05 Å². The monoisotopic (exact) mass is 337 g/mol. The number of hydrogen-bond acceptors (Lipinski definition) is 3. The maximum atomic E-state index is 6.14. The van der Waals surface area contributed by atoms with Crippen LogP contribution in [0.5, 0.6) is 0 Å². The summed E-state index contributed by atoms with van der Waals surface area (Å²) in [6, 6.07) is 0.465. The first-order valence-electron chi connectivity index (χ1n) is 9.50. The molecule has 3 atom stereocenters. The summed E-state index contributed by atoms with van der Waals surface area (Å²) in [5.41, 5.74) is 0.130. The fourth-order valence-electron chi connectivity index (χ4n) is 4.74. The summed E-state index contributed by atoms with van der Waals surface area (Å²) in [5.74, 6) is 1.69. The Bertz CT molecular complexity index is 475. The van der Waals surface area contributed by atoms with Gasteiger partial charge >= 0.3 is 0 Å². The van der Waals surface area contributed by atoms with Crippen LogP contribution in [0.15, 0.2) is 4.99 Å². The number of likely N-dealkylation sites (tertiary alicyclic amines) is 1. The van der Waals surface area contributed by atoms with Crippen molar-refractivity contribution in [1.82, 2.24) is 10.2 Å². The average Bonchev–Trinajstić information content (AvgIpc) is 2.95. The van der Waals surface area contributed by atoms with E-state index in [9.17, 15) is 0 Å². The molecule has 2 aliphatic heterocycles. The van der Waals surface area contributed by atoms with Crippen LogP contribution in [-0.2, 0) is 9.47 Å². The Hall–Kier alpha value is -0.810. The third-order valence-electron chi connectivity index (χ3n) is 5.86. The lowest BCUT2D eigenvalue weighted by molar-refractivity contribution is -0.108. The average molecular weight is 338 g/mol. The molecule has 0 spiro atoms. The fourth-order valence-corrected chi connectivity index (χ4v) is 4.74. The molecule has 1 aliphatic carbocycles. The largest absolute Gasteiger partial charge is 0.377 e. The van der Waals surface area contributed by atoms with E-state index < -0.39 is 0 Å². The van der Waals surface area contributed by atoms with Crippen molar-refractivity contribution in [3.8, 4) is 0 Å². The molecule has 0 amide bonds. The molecule has 0 radical (unpaired) electrons. The number of hydrogen-bond donors (Lipinski definition) is 1. The Labute approximate surface area is 147 Å². The molecule has 2 saturated heterocycles. The van der Waals surface area contributed by atoms with Crippen molar-refractivity contribution >= 4 is 5.96 Å². The Morgan fingerprint density at radius 1 is 1.21 bits per heavy atom. The molecule has 3 unspecified atom stereocenters. The number of fused-ring (bicyclic) bond motifs is 1. The van der Waals surface area contributed by atoms with Gasteiger partial charge in [0.2, 0.25) is 0 Å². The van der Waals surface area contributed by atoms with E-state index in [-0.39, 0.29) is 11.0 Å². The van der Waals surface area contributed by atoms with Crippen molar-refractivity contribution in [2.24, 2.45) is 16.3 Å². The predicted octanol–water partition coefficient (Wildman–Crippen LogP) is 2.65. The quantitative estimate of drug-likeness (QED) is 0.621. The highest BCUT2D eigenvalue weighted by Crippen LogP contribution is 2.52. The molecule has 0 aromatic heterocycles. The molecule has 24 heavy (non-hydrogen) atoms. The zero-order chi connectivity index (χ0) is 17.5. The van der Waals surface area contributed by atoms with Crippen LogP contribution in [0, 0.1) is 11.3 Å². The van der Waals surface area contributed by atoms with Gasteiger partial charge in [0.15, 0.2) is 5.96 Å². The Morgan fingerprint density at radius 2 is 1.88 bits per heavy atom. The molecule has 5 nitrogen and oxygen atoms in total. The molecule has 0 aromatic rings. The highest BCUT2D eigenvalue weighted by atomic mass is 16.5. The summed E-state index contributed by atoms with van der Waals surface area (Å²) in [7, 11) is 1.90. The minimum absolute atomic E-state index is 0.0554. The Balaban J connectivity index is 1.55. The zero-order valence-corrected chi connectivity index (χ0v) is 16.3. The van der Waals surface area contributed by atoms with Gasteiger partial charge in [-0.1, -0.05) is 13.8 Å². The van der Waals surface area contributed by atoms with Crippen molar-refractivity contribution in [2.75, 3.05) is 26.7 Å². The van der Waals surface area contributed by atoms with Gasteiger partial charge in [-0.25, -0.2) is 0 Å². The second kappa shape index (κ2) is 6.49. The Morgan fingerprint density at radius 3 is 2.46 bits per heavy atom. The van der Waals surface area contributed by atoms with E-state index >= 15 is 0 Å². The lowest BCUT2D eigenvalue weighted by atomic mass is 9.57. The molecular formula is C19H35N3O2. The van der Waals surface area contributed by atoms with Gasteiger partial charge in [0.05, 0.1) is 17.8 Å². The van der Waals surface area contributed by atoms with E-state index in [1.54, 1.807) is 0 Å². The molecule has 1 N–H and O–H groups in total. The number of ether oxygens (including phenoxy) is 2. The van der Waals surface area contributed by atoms with Crippen LogP contribution in [0.4, 0.5) is 0 Å². The molecule has 3 fully saturated rings. The normalized spacial score (nSPS) is 34.0. The Kier molecular flexibility index (Phi) is 4.86. The molecule has 1 saturated carbocycles. The number of rotatable bonds is 2. The second-order valence-corrected chi connectivity index (χ2v) is 9.15. The third-order valence-corrected chi connectivity index (χ3v) is 5.86. The van der Waals surface area contributed by atoms with Crippen LogP contribution in [-0.4, -0.2) is 61.5 Å². The summed E-state index contributed by atoms with van der Waals surface area (Å²) >= 11 is 0. The summed E-state index contributed by atoms with van der Waals surface area (Å²) < 4.78 is 12.0. The number of nitrogens with one attached hydrogen (secondary N) is 1. The van der Waals surface area contributed by atoms with E-state index in [0.29, 0.717) is 24.2 Å². The lowest BCUT2D eigenvalue weighted by Crippen LogP contribution is -2.68. The van der Waals surface area contributed by atoms with Gasteiger partial charge in [0, 0.05) is 44.1 Å². The van der Waals surface area contributed by atoms with Gasteiger partial charge in [0.25, 0.3) is 0 Å². The summed E-state index contributed by atoms with van der Waals surface area (Å²) in [6.07, 6.45) is 4.10. The predicted molar refractivity (Wildman–Crippen MR) is 97.3 cm³/mol. The van der Waals surface area contributed by atoms with Gasteiger partial charge in [-0.2, -0.15) is 0 Å². The molecule has 3 aliphatic rings. The molecular weight excluding hydrogens is 302 g/mol. The fraction of sp³-hybridized carbons (Fsp3) is 0.947. The maximum Gasteiger partial charge on any atom is 0.193 e. The molecule has 2 heterocycles. The maximum absolute atomic E-state index is 6.14. The molecule has 138 valence electrons. The van der Waals surface area contributed by atoms with Gasteiger partial charge in [-0.05, 0) is 40.0 Å². The molecule has 5 heteroatoms. The number of piperidine rings is 1. The zero-order valence-electron chi connectivity index (χ0n) is 16.3. The molecule has 3 rings (SSSR count). The van der Waals surface area contributed by atoms with Gasteiger partial charge in [-0.3, -0.25) is 4.99 Å². The van der Waals surface area contributed by atoms with Crippen molar-refractivity contribution in [2.45, 2.75) is 77.7 Å². The van der Waals surface area contributed by atoms with Crippen LogP contribution in [0.1, 0.15) is 53.9 Å². The minimum Gasteiger partial charge on any atom is -0.377 e. The SMILES string of the molecule is CN=C(NC1C2CCOC2C1(C)C)N1CCC(OC(C)(C)C)CC1. The first kappa shape index (κ1) is 18.0. The topological polar surface area (TPSA) is 46.1 Å². The smallest absolute Gasteiger partial charge is 0.193 e. The first-order chi connectivity index (χ1) is 11.2. The van der Waals surface area contributed by atoms with Crippen LogP contribution in [0.25, 0.3) is 0 Å². The van der Waals surface area contributed by atoms with Crippen molar-refractivity contribution in [1.29, 1.82) is 0 Å². The highest BCUT2D eigenvalue weighted by Gasteiger charge is 2.59. The van der Waals surface area contributed by atoms with Crippen molar-refractivity contribution in [3.05, 3.63) is 0 Å². The summed E-state index contributed by atoms with van der Waals surface area (Å²) in [5, 5.41) is 3.75. The highest BCUT2D eigenvalue weighted by molar-refractivity contribution is 5.80. The number of guanidine groups is 1. The molecule has 0 aromatic carbocycles. The van der Waals surface area contributed by atoms with Crippen molar-refractivity contribution in [3.63, 3.8) is 0 Å². The number of aliphatic imine (C=N–C) groups is 1. The van der Waals surface area contributed by atoms with E-state index in [0.717, 1.165) is 38.5 Å². The first-order valence-corrected chi connectivity index (χ1v) is 9.50. The van der Waals surface area contributed by atoms with E-state index in [2.05, 4.69) is 49.8 Å². The van der Waals surface area contributed by atoms with Gasteiger partial charge < -0.3 is 19.7 Å². The van der Waals surface area contributed by atoms with Crippen LogP contribution < -0.4 is 5.32 Å². The minimum atomic E-state index is -0.0554. The van der Waals surface area contributed by atoms with Crippen molar-refractivity contribution < 1.29 is 9.47 Å². The third kappa shape index (κ3) is 3.43. The van der Waals surface area contributed by atoms with Crippen LogP contribution >= 0.6 is 0 Å². The summed E-state index contributed by atoms with van der Waals surface area (Å²) in [6.45, 7) is 14.0. The van der Waals surface area contributed by atoms with E-state index in [4.69, 9.17) is 9.47 Å². The van der Waals surface area contributed by atoms with Gasteiger partial charge in [-0.15, -0.1) is 0 Å². The standard InChI is InChI=1S/C19H35N3O2/c1-18(2,3)24-13-7-10-22(11-8-13)17(20-6)21-15-14-9-12-23-16(14)19(15,4)5/h13-16H,7-12H2,1-6H3,(H,20,21). The summed E-state index contributed by atoms with van der Waals surface area (Å²) in [4.78, 5) is 6.95. The second-order valence-electron chi connectivity index (χ2n) is 9.15. The molecule has 0 bridgehead atoms. The van der Waals surface area contributed by atoms with E-state index in [1.165, 1.54) is 6.42 Å². The van der Waals surface area contributed by atoms with Crippen LogP contribution in [0.2, 0.25) is 0 Å². The lowest BCUT2D eigenvalue weighted by Gasteiger charge is -2.55. The van der Waals surface area contributed by atoms with Crippen LogP contribution in [0.3, 0.4) is 0 Å². The number of nitrogens with zero attached hydrogens (tertiary/aromatic N) is 2. The van der Waals surface area contributed by atoms with Gasteiger partial charge in [0.1, 0.15) is 0 Å².